The van der Waals surface area contributed by atoms with Gasteiger partial charge in [0.15, 0.2) is 6.29 Å². The molecule has 1 aliphatic carbocycles. The van der Waals surface area contributed by atoms with Crippen molar-refractivity contribution in [2.24, 2.45) is 11.8 Å². The van der Waals surface area contributed by atoms with Crippen LogP contribution in [0.3, 0.4) is 0 Å². The molecule has 4 nitrogen and oxygen atoms in total. The van der Waals surface area contributed by atoms with Gasteiger partial charge in [-0.05, 0) is 13.0 Å². The Hall–Kier alpha value is -0.870. The van der Waals surface area contributed by atoms with E-state index in [0.29, 0.717) is 6.42 Å². The van der Waals surface area contributed by atoms with Crippen LogP contribution < -0.4 is 0 Å². The molecule has 1 heterocycles. The van der Waals surface area contributed by atoms with Gasteiger partial charge < -0.3 is 14.2 Å². The average molecular weight is 212 g/mol. The minimum absolute atomic E-state index is 0.0738. The molecule has 0 N–H and O–H groups in total. The molecule has 15 heavy (non-hydrogen) atoms. The fourth-order valence-corrected chi connectivity index (χ4v) is 2.60. The quantitative estimate of drug-likeness (QED) is 0.399. The first kappa shape index (κ1) is 10.6. The summed E-state index contributed by atoms with van der Waals surface area (Å²) in [7, 11) is 3.23. The maximum atomic E-state index is 11.2. The van der Waals surface area contributed by atoms with Crippen molar-refractivity contribution in [3.63, 3.8) is 0 Å². The number of ether oxygens (including phenoxy) is 3. The Labute approximate surface area is 89.2 Å². The highest BCUT2D eigenvalue weighted by atomic mass is 16.7. The van der Waals surface area contributed by atoms with E-state index >= 15 is 0 Å². The number of carbonyl (C=O) groups is 1. The number of rotatable bonds is 3. The van der Waals surface area contributed by atoms with Crippen molar-refractivity contribution in [2.75, 3.05) is 14.2 Å². The zero-order valence-electron chi connectivity index (χ0n) is 9.23. The summed E-state index contributed by atoms with van der Waals surface area (Å²) in [6.45, 7) is 2.03. The number of hydrogen-bond acceptors (Lipinski definition) is 4. The van der Waals surface area contributed by atoms with Gasteiger partial charge in [-0.25, -0.2) is 0 Å². The van der Waals surface area contributed by atoms with E-state index in [1.807, 2.05) is 13.0 Å². The third-order valence-electron chi connectivity index (χ3n) is 3.26. The van der Waals surface area contributed by atoms with Gasteiger partial charge in [-0.2, -0.15) is 0 Å². The standard InChI is InChI=1S/C11H16O4/c1-6-4-8-7(5-9(12)15-8)10(6)11(13-2)14-3/h4,7-8,10-11H,5H2,1-3H3/t7-,8-,10+/m0/s1. The van der Waals surface area contributed by atoms with Crippen LogP contribution in [-0.4, -0.2) is 32.6 Å². The molecule has 0 saturated carbocycles. The number of carbonyl (C=O) groups excluding carboxylic acids is 1. The van der Waals surface area contributed by atoms with Crippen LogP contribution in [0.5, 0.6) is 0 Å². The van der Waals surface area contributed by atoms with Gasteiger partial charge in [-0.3, -0.25) is 4.79 Å². The largest absolute Gasteiger partial charge is 0.458 e. The molecule has 0 amide bonds. The summed E-state index contributed by atoms with van der Waals surface area (Å²) < 4.78 is 15.7. The molecule has 0 aromatic carbocycles. The van der Waals surface area contributed by atoms with Crippen LogP contribution in [0.15, 0.2) is 11.6 Å². The first-order valence-corrected chi connectivity index (χ1v) is 5.10. The summed E-state index contributed by atoms with van der Waals surface area (Å²) in [4.78, 5) is 11.2. The van der Waals surface area contributed by atoms with Crippen LogP contribution in [0.4, 0.5) is 0 Å². The van der Waals surface area contributed by atoms with Crippen molar-refractivity contribution in [3.8, 4) is 0 Å². The van der Waals surface area contributed by atoms with Crippen LogP contribution in [0.1, 0.15) is 13.3 Å². The Morgan fingerprint density at radius 3 is 2.73 bits per heavy atom. The van der Waals surface area contributed by atoms with Gasteiger partial charge in [0.1, 0.15) is 6.10 Å². The zero-order chi connectivity index (χ0) is 11.0. The van der Waals surface area contributed by atoms with E-state index in [-0.39, 0.29) is 30.2 Å². The van der Waals surface area contributed by atoms with Crippen molar-refractivity contribution in [3.05, 3.63) is 11.6 Å². The number of methoxy groups -OCH3 is 2. The van der Waals surface area contributed by atoms with E-state index < -0.39 is 0 Å². The lowest BCUT2D eigenvalue weighted by Gasteiger charge is -2.26. The predicted molar refractivity (Wildman–Crippen MR) is 53.0 cm³/mol. The van der Waals surface area contributed by atoms with Crippen LogP contribution in [-0.2, 0) is 19.0 Å². The van der Waals surface area contributed by atoms with Crippen molar-refractivity contribution in [1.29, 1.82) is 0 Å². The van der Waals surface area contributed by atoms with Crippen LogP contribution in [0.2, 0.25) is 0 Å². The highest BCUT2D eigenvalue weighted by Gasteiger charge is 2.47. The minimum atomic E-state index is -0.286. The van der Waals surface area contributed by atoms with E-state index in [1.165, 1.54) is 5.57 Å². The number of hydrogen-bond donors (Lipinski definition) is 0. The van der Waals surface area contributed by atoms with Crippen LogP contribution in [0.25, 0.3) is 0 Å². The second-order valence-corrected chi connectivity index (χ2v) is 4.10. The van der Waals surface area contributed by atoms with Gasteiger partial charge in [0, 0.05) is 26.1 Å². The molecule has 3 atom stereocenters. The van der Waals surface area contributed by atoms with E-state index in [9.17, 15) is 4.79 Å². The molecule has 1 aliphatic heterocycles. The van der Waals surface area contributed by atoms with Crippen molar-refractivity contribution in [2.45, 2.75) is 25.7 Å². The summed E-state index contributed by atoms with van der Waals surface area (Å²) in [6, 6.07) is 0. The van der Waals surface area contributed by atoms with E-state index in [4.69, 9.17) is 14.2 Å². The highest BCUT2D eigenvalue weighted by molar-refractivity contribution is 5.73. The molecule has 2 rings (SSSR count). The molecule has 1 saturated heterocycles. The topological polar surface area (TPSA) is 44.8 Å². The minimum Gasteiger partial charge on any atom is -0.458 e. The predicted octanol–water partition coefficient (Wildman–Crippen LogP) is 1.11. The number of fused-ring (bicyclic) bond motifs is 1. The molecule has 4 heteroatoms. The lowest BCUT2D eigenvalue weighted by molar-refractivity contribution is -0.141. The SMILES string of the molecule is COC(OC)[C@@H]1C(C)=C[C@@H]2OC(=O)C[C@@H]21. The Balaban J connectivity index is 2.18. The fraction of sp³-hybridized carbons (Fsp3) is 0.727. The molecule has 0 unspecified atom stereocenters. The second-order valence-electron chi connectivity index (χ2n) is 4.10. The normalized spacial score (nSPS) is 34.3. The summed E-state index contributed by atoms with van der Waals surface area (Å²) in [5.74, 6) is 0.198. The summed E-state index contributed by atoms with van der Waals surface area (Å²) in [5.41, 5.74) is 1.19. The maximum Gasteiger partial charge on any atom is 0.306 e. The molecule has 0 spiro atoms. The summed E-state index contributed by atoms with van der Waals surface area (Å²) >= 11 is 0. The van der Waals surface area contributed by atoms with Gasteiger partial charge in [-0.1, -0.05) is 5.57 Å². The van der Waals surface area contributed by atoms with E-state index in [2.05, 4.69) is 0 Å². The average Bonchev–Trinajstić information content (AvgIpc) is 2.66. The molecular formula is C11H16O4. The van der Waals surface area contributed by atoms with Crippen molar-refractivity contribution in [1.82, 2.24) is 0 Å². The van der Waals surface area contributed by atoms with Gasteiger partial charge in [-0.15, -0.1) is 0 Å². The molecule has 0 bridgehead atoms. The third kappa shape index (κ3) is 1.68. The first-order chi connectivity index (χ1) is 7.17. The Kier molecular flexibility index (Phi) is 2.80. The second kappa shape index (κ2) is 3.94. The van der Waals surface area contributed by atoms with Gasteiger partial charge in [0.05, 0.1) is 6.42 Å². The zero-order valence-corrected chi connectivity index (χ0v) is 9.23. The first-order valence-electron chi connectivity index (χ1n) is 5.10. The Morgan fingerprint density at radius 1 is 1.47 bits per heavy atom. The van der Waals surface area contributed by atoms with Crippen molar-refractivity contribution < 1.29 is 19.0 Å². The lowest BCUT2D eigenvalue weighted by Crippen LogP contribution is -2.31. The van der Waals surface area contributed by atoms with E-state index in [0.717, 1.165) is 0 Å². The molecule has 84 valence electrons. The van der Waals surface area contributed by atoms with Crippen LogP contribution >= 0.6 is 0 Å². The van der Waals surface area contributed by atoms with Gasteiger partial charge in [0.2, 0.25) is 0 Å². The number of esters is 1. The molecule has 0 radical (unpaired) electrons. The Morgan fingerprint density at radius 2 is 2.13 bits per heavy atom. The smallest absolute Gasteiger partial charge is 0.306 e. The van der Waals surface area contributed by atoms with Gasteiger partial charge in [0.25, 0.3) is 0 Å². The molecule has 0 aromatic rings. The lowest BCUT2D eigenvalue weighted by atomic mass is 9.88. The van der Waals surface area contributed by atoms with Crippen molar-refractivity contribution >= 4 is 5.97 Å². The van der Waals surface area contributed by atoms with Gasteiger partial charge >= 0.3 is 5.97 Å². The van der Waals surface area contributed by atoms with E-state index in [1.54, 1.807) is 14.2 Å². The monoisotopic (exact) mass is 212 g/mol. The fourth-order valence-electron chi connectivity index (χ4n) is 2.60. The molecule has 2 aliphatic rings. The summed E-state index contributed by atoms with van der Waals surface area (Å²) in [5, 5.41) is 0. The van der Waals surface area contributed by atoms with Crippen LogP contribution in [0, 0.1) is 11.8 Å². The Bertz CT molecular complexity index is 293. The third-order valence-corrected chi connectivity index (χ3v) is 3.26. The summed E-state index contributed by atoms with van der Waals surface area (Å²) in [6.07, 6.45) is 2.11. The molecule has 1 fully saturated rings. The molecule has 0 aromatic heterocycles. The highest BCUT2D eigenvalue weighted by Crippen LogP contribution is 2.42. The molecular weight excluding hydrogens is 196 g/mol. The maximum absolute atomic E-state index is 11.2.